The fraction of sp³-hybridized carbons (Fsp3) is 0.100. The lowest BCUT2D eigenvalue weighted by atomic mass is 10.0. The third kappa shape index (κ3) is 2.55. The van der Waals surface area contributed by atoms with Crippen molar-refractivity contribution in [1.29, 1.82) is 0 Å². The summed E-state index contributed by atoms with van der Waals surface area (Å²) in [4.78, 5) is 0. The van der Waals surface area contributed by atoms with Crippen LogP contribution in [-0.4, -0.2) is 6.17 Å². The summed E-state index contributed by atoms with van der Waals surface area (Å²) in [5.74, 6) is -0.216. The average Bonchev–Trinajstić information content (AvgIpc) is 2.55. The molecule has 23 heavy (non-hydrogen) atoms. The number of benzene rings is 3. The lowest BCUT2D eigenvalue weighted by Gasteiger charge is -2.30. The number of halogens is 1. The van der Waals surface area contributed by atoms with Crippen molar-refractivity contribution in [2.45, 2.75) is 13.1 Å². The van der Waals surface area contributed by atoms with Gasteiger partial charge in [0, 0.05) is 16.8 Å². The van der Waals surface area contributed by atoms with Crippen LogP contribution in [0.2, 0.25) is 0 Å². The van der Waals surface area contributed by atoms with Crippen molar-refractivity contribution >= 4 is 28.2 Å². The van der Waals surface area contributed by atoms with Gasteiger partial charge in [-0.15, -0.1) is 0 Å². The van der Waals surface area contributed by atoms with Crippen LogP contribution in [0.1, 0.15) is 12.5 Å². The first-order chi connectivity index (χ1) is 11.2. The first kappa shape index (κ1) is 13.8. The van der Waals surface area contributed by atoms with Crippen LogP contribution >= 0.6 is 0 Å². The molecular formula is C20H17FN2. The predicted octanol–water partition coefficient (Wildman–Crippen LogP) is 5.25. The molecule has 4 rings (SSSR count). The highest BCUT2D eigenvalue weighted by molar-refractivity contribution is 6.05. The van der Waals surface area contributed by atoms with Gasteiger partial charge in [-0.25, -0.2) is 4.39 Å². The van der Waals surface area contributed by atoms with Gasteiger partial charge in [-0.2, -0.15) is 0 Å². The Morgan fingerprint density at radius 3 is 2.26 bits per heavy atom. The van der Waals surface area contributed by atoms with Gasteiger partial charge in [-0.05, 0) is 47.7 Å². The molecule has 0 aliphatic carbocycles. The molecule has 3 heteroatoms. The van der Waals surface area contributed by atoms with Gasteiger partial charge in [0.1, 0.15) is 12.0 Å². The second-order valence-electron chi connectivity index (χ2n) is 5.87. The van der Waals surface area contributed by atoms with Crippen LogP contribution in [0.4, 0.5) is 15.8 Å². The molecule has 0 saturated carbocycles. The van der Waals surface area contributed by atoms with Crippen LogP contribution in [0.3, 0.4) is 0 Å². The third-order valence-corrected chi connectivity index (χ3v) is 4.20. The molecule has 0 unspecified atom stereocenters. The summed E-state index contributed by atoms with van der Waals surface area (Å²) in [5, 5.41) is 9.47. The summed E-state index contributed by atoms with van der Waals surface area (Å²) >= 11 is 0. The van der Waals surface area contributed by atoms with Crippen molar-refractivity contribution in [3.8, 4) is 0 Å². The maximum Gasteiger partial charge on any atom is 0.123 e. The summed E-state index contributed by atoms with van der Waals surface area (Å²) in [5.41, 5.74) is 4.20. The number of hydrogen-bond acceptors (Lipinski definition) is 2. The molecule has 0 amide bonds. The Morgan fingerprint density at radius 2 is 1.61 bits per heavy atom. The zero-order chi connectivity index (χ0) is 15.8. The van der Waals surface area contributed by atoms with Crippen LogP contribution in [0.15, 0.2) is 66.2 Å². The molecule has 0 spiro atoms. The Hall–Kier alpha value is -2.81. The highest BCUT2D eigenvalue weighted by Gasteiger charge is 2.19. The van der Waals surface area contributed by atoms with Gasteiger partial charge in [0.25, 0.3) is 0 Å². The standard InChI is InChI=1S/C20H17FN2/c1-13(11-14-5-2-8-16(21)12-14)20-22-17-9-3-6-15-7-4-10-18(23-20)19(15)17/h2-12,20,22-23H,1H3/b13-11+. The Balaban J connectivity index is 1.70. The largest absolute Gasteiger partial charge is 0.361 e. The van der Waals surface area contributed by atoms with Crippen molar-refractivity contribution in [3.63, 3.8) is 0 Å². The molecule has 3 aromatic carbocycles. The molecule has 0 saturated heterocycles. The molecule has 0 aromatic heterocycles. The van der Waals surface area contributed by atoms with Gasteiger partial charge in [-0.3, -0.25) is 0 Å². The third-order valence-electron chi connectivity index (χ3n) is 4.20. The van der Waals surface area contributed by atoms with Gasteiger partial charge in [0.15, 0.2) is 0 Å². The van der Waals surface area contributed by atoms with E-state index in [1.165, 1.54) is 16.8 Å². The molecular weight excluding hydrogens is 287 g/mol. The molecule has 2 N–H and O–H groups in total. The second kappa shape index (κ2) is 5.43. The van der Waals surface area contributed by atoms with Crippen molar-refractivity contribution in [3.05, 3.63) is 77.6 Å². The van der Waals surface area contributed by atoms with E-state index < -0.39 is 0 Å². The lowest BCUT2D eigenvalue weighted by Crippen LogP contribution is -2.32. The fourth-order valence-corrected chi connectivity index (χ4v) is 3.10. The van der Waals surface area contributed by atoms with Crippen LogP contribution in [0.25, 0.3) is 16.8 Å². The Labute approximate surface area is 134 Å². The number of anilines is 2. The van der Waals surface area contributed by atoms with E-state index in [4.69, 9.17) is 0 Å². The van der Waals surface area contributed by atoms with Gasteiger partial charge >= 0.3 is 0 Å². The monoisotopic (exact) mass is 304 g/mol. The quantitative estimate of drug-likeness (QED) is 0.676. The zero-order valence-corrected chi connectivity index (χ0v) is 12.8. The van der Waals surface area contributed by atoms with E-state index in [1.807, 2.05) is 19.1 Å². The number of nitrogens with one attached hydrogen (secondary N) is 2. The van der Waals surface area contributed by atoms with E-state index in [1.54, 1.807) is 12.1 Å². The molecule has 1 aliphatic rings. The SMILES string of the molecule is C/C(=C\c1cccc(F)c1)C1Nc2cccc3cccc(c23)N1. The summed E-state index contributed by atoms with van der Waals surface area (Å²) in [6.45, 7) is 2.05. The minimum Gasteiger partial charge on any atom is -0.361 e. The van der Waals surface area contributed by atoms with Gasteiger partial charge in [0.05, 0.1) is 0 Å². The van der Waals surface area contributed by atoms with Crippen LogP contribution < -0.4 is 10.6 Å². The van der Waals surface area contributed by atoms with E-state index in [0.29, 0.717) is 0 Å². The Morgan fingerprint density at radius 1 is 0.957 bits per heavy atom. The molecule has 0 fully saturated rings. The van der Waals surface area contributed by atoms with Gasteiger partial charge in [-0.1, -0.05) is 42.5 Å². The van der Waals surface area contributed by atoms with Gasteiger partial charge < -0.3 is 10.6 Å². The molecule has 114 valence electrons. The maximum atomic E-state index is 13.3. The fourth-order valence-electron chi connectivity index (χ4n) is 3.10. The lowest BCUT2D eigenvalue weighted by molar-refractivity contribution is 0.627. The van der Waals surface area contributed by atoms with E-state index in [0.717, 1.165) is 22.5 Å². The van der Waals surface area contributed by atoms with Crippen molar-refractivity contribution in [2.24, 2.45) is 0 Å². The molecule has 0 radical (unpaired) electrons. The zero-order valence-electron chi connectivity index (χ0n) is 12.8. The molecule has 3 aromatic rings. The molecule has 1 heterocycles. The number of hydrogen-bond donors (Lipinski definition) is 2. The average molecular weight is 304 g/mol. The van der Waals surface area contributed by atoms with E-state index in [9.17, 15) is 4.39 Å². The van der Waals surface area contributed by atoms with E-state index >= 15 is 0 Å². The predicted molar refractivity (Wildman–Crippen MR) is 95.0 cm³/mol. The Bertz CT molecular complexity index is 874. The molecule has 1 aliphatic heterocycles. The van der Waals surface area contributed by atoms with Crippen LogP contribution in [-0.2, 0) is 0 Å². The van der Waals surface area contributed by atoms with Gasteiger partial charge in [0.2, 0.25) is 0 Å². The minimum absolute atomic E-state index is 0.0150. The van der Waals surface area contributed by atoms with Crippen LogP contribution in [0, 0.1) is 5.82 Å². The van der Waals surface area contributed by atoms with Crippen molar-refractivity contribution in [1.82, 2.24) is 0 Å². The summed E-state index contributed by atoms with van der Waals surface area (Å²) in [7, 11) is 0. The summed E-state index contributed by atoms with van der Waals surface area (Å²) in [6, 6.07) is 19.2. The van der Waals surface area contributed by atoms with E-state index in [-0.39, 0.29) is 12.0 Å². The normalized spacial score (nSPS) is 14.4. The smallest absolute Gasteiger partial charge is 0.123 e. The van der Waals surface area contributed by atoms with Crippen molar-refractivity contribution in [2.75, 3.05) is 10.6 Å². The van der Waals surface area contributed by atoms with Crippen LogP contribution in [0.5, 0.6) is 0 Å². The summed E-state index contributed by atoms with van der Waals surface area (Å²) < 4.78 is 13.3. The first-order valence-corrected chi connectivity index (χ1v) is 7.69. The highest BCUT2D eigenvalue weighted by atomic mass is 19.1. The minimum atomic E-state index is -0.216. The van der Waals surface area contributed by atoms with E-state index in [2.05, 4.69) is 47.0 Å². The topological polar surface area (TPSA) is 24.1 Å². The molecule has 0 bridgehead atoms. The molecule has 0 atom stereocenters. The summed E-state index contributed by atoms with van der Waals surface area (Å²) in [6.07, 6.45) is 1.99. The molecule has 2 nitrogen and oxygen atoms in total. The first-order valence-electron chi connectivity index (χ1n) is 7.69. The second-order valence-corrected chi connectivity index (χ2v) is 5.87. The maximum absolute atomic E-state index is 13.3. The number of rotatable bonds is 2. The van der Waals surface area contributed by atoms with Crippen molar-refractivity contribution < 1.29 is 4.39 Å². The Kier molecular flexibility index (Phi) is 3.27. The highest BCUT2D eigenvalue weighted by Crippen LogP contribution is 2.35.